The summed E-state index contributed by atoms with van der Waals surface area (Å²) in [5.74, 6) is -1.60. The van der Waals surface area contributed by atoms with E-state index in [0.29, 0.717) is 11.3 Å². The van der Waals surface area contributed by atoms with Crippen molar-refractivity contribution in [2.24, 2.45) is 0 Å². The second-order valence-corrected chi connectivity index (χ2v) is 5.17. The minimum absolute atomic E-state index is 0.283. The molecular weight excluding hydrogens is 254 g/mol. The van der Waals surface area contributed by atoms with Gasteiger partial charge in [-0.15, -0.1) is 11.3 Å². The highest BCUT2D eigenvalue weighted by Crippen LogP contribution is 2.27. The summed E-state index contributed by atoms with van der Waals surface area (Å²) < 4.78 is 27.5. The Balaban J connectivity index is 2.49. The highest BCUT2D eigenvalue weighted by Gasteiger charge is 2.21. The van der Waals surface area contributed by atoms with Crippen LogP contribution in [-0.4, -0.2) is 12.0 Å². The smallest absolute Gasteiger partial charge is 0.164 e. The number of halogens is 2. The number of hydrogen-bond acceptors (Lipinski definition) is 3. The maximum atomic E-state index is 14.0. The first-order chi connectivity index (χ1) is 8.54. The van der Waals surface area contributed by atoms with E-state index in [1.807, 2.05) is 12.3 Å². The van der Waals surface area contributed by atoms with Crippen LogP contribution >= 0.6 is 11.3 Å². The van der Waals surface area contributed by atoms with E-state index >= 15 is 0 Å². The van der Waals surface area contributed by atoms with Gasteiger partial charge in [-0.05, 0) is 26.5 Å². The van der Waals surface area contributed by atoms with Crippen LogP contribution in [0.25, 0.3) is 0 Å². The van der Waals surface area contributed by atoms with Gasteiger partial charge in [0.05, 0.1) is 16.7 Å². The molecule has 0 bridgehead atoms. The summed E-state index contributed by atoms with van der Waals surface area (Å²) in [6.07, 6.45) is 0. The lowest BCUT2D eigenvalue weighted by Crippen LogP contribution is -2.20. The van der Waals surface area contributed by atoms with Gasteiger partial charge in [-0.3, -0.25) is 0 Å². The van der Waals surface area contributed by atoms with Crippen LogP contribution in [0.5, 0.6) is 0 Å². The third-order valence-corrected chi connectivity index (χ3v) is 3.63. The molecule has 2 nitrogen and oxygen atoms in total. The Morgan fingerprint density at radius 3 is 2.50 bits per heavy atom. The molecule has 0 saturated heterocycles. The van der Waals surface area contributed by atoms with Gasteiger partial charge >= 0.3 is 0 Å². The van der Waals surface area contributed by atoms with Crippen LogP contribution < -0.4 is 5.32 Å². The molecule has 1 unspecified atom stereocenters. The fraction of sp³-hybridized carbons (Fsp3) is 0.308. The van der Waals surface area contributed by atoms with Crippen molar-refractivity contribution in [3.63, 3.8) is 0 Å². The third kappa shape index (κ3) is 2.28. The predicted molar refractivity (Wildman–Crippen MR) is 68.8 cm³/mol. The molecule has 1 aromatic carbocycles. The summed E-state index contributed by atoms with van der Waals surface area (Å²) in [5, 5.41) is 5.73. The van der Waals surface area contributed by atoms with Gasteiger partial charge in [0.2, 0.25) is 0 Å². The van der Waals surface area contributed by atoms with Gasteiger partial charge in [-0.2, -0.15) is 0 Å². The maximum absolute atomic E-state index is 14.0. The molecule has 1 N–H and O–H groups in total. The summed E-state index contributed by atoms with van der Waals surface area (Å²) in [4.78, 5) is 4.32. The highest BCUT2D eigenvalue weighted by atomic mass is 32.1. The van der Waals surface area contributed by atoms with Gasteiger partial charge in [-0.25, -0.2) is 13.8 Å². The molecule has 18 heavy (non-hydrogen) atoms. The first kappa shape index (κ1) is 13.1. The van der Waals surface area contributed by atoms with E-state index < -0.39 is 17.7 Å². The number of thiazole rings is 1. The van der Waals surface area contributed by atoms with Crippen LogP contribution in [0, 0.1) is 25.5 Å². The van der Waals surface area contributed by atoms with Crippen molar-refractivity contribution >= 4 is 11.3 Å². The van der Waals surface area contributed by atoms with Crippen molar-refractivity contribution in [3.05, 3.63) is 51.0 Å². The topological polar surface area (TPSA) is 24.9 Å². The number of hydrogen-bond donors (Lipinski definition) is 1. The third-order valence-electron chi connectivity index (χ3n) is 2.84. The number of aryl methyl sites for hydroxylation is 2. The number of nitrogens with one attached hydrogen (secondary N) is 1. The van der Waals surface area contributed by atoms with Gasteiger partial charge in [0.25, 0.3) is 0 Å². The minimum Gasteiger partial charge on any atom is -0.308 e. The largest absolute Gasteiger partial charge is 0.308 e. The van der Waals surface area contributed by atoms with Gasteiger partial charge in [0, 0.05) is 10.9 Å². The Morgan fingerprint density at radius 1 is 1.22 bits per heavy atom. The van der Waals surface area contributed by atoms with Crippen LogP contribution in [0.15, 0.2) is 17.5 Å². The first-order valence-corrected chi connectivity index (χ1v) is 6.46. The quantitative estimate of drug-likeness (QED) is 0.923. The second kappa shape index (κ2) is 5.12. The van der Waals surface area contributed by atoms with E-state index in [1.165, 1.54) is 11.3 Å². The average Bonchev–Trinajstić information content (AvgIpc) is 2.77. The maximum Gasteiger partial charge on any atom is 0.164 e. The van der Waals surface area contributed by atoms with Gasteiger partial charge < -0.3 is 5.32 Å². The first-order valence-electron chi connectivity index (χ1n) is 5.58. The molecule has 0 aliphatic rings. The fourth-order valence-corrected chi connectivity index (χ4v) is 2.50. The van der Waals surface area contributed by atoms with Crippen molar-refractivity contribution in [3.8, 4) is 0 Å². The highest BCUT2D eigenvalue weighted by molar-refractivity contribution is 7.09. The SMILES string of the molecule is CNC(c1csc(C)n1)c1ccc(C)c(F)c1F. The van der Waals surface area contributed by atoms with E-state index in [0.717, 1.165) is 5.01 Å². The van der Waals surface area contributed by atoms with Gasteiger partial charge in [0.15, 0.2) is 11.6 Å². The lowest BCUT2D eigenvalue weighted by molar-refractivity contribution is 0.481. The summed E-state index contributed by atoms with van der Waals surface area (Å²) in [6.45, 7) is 3.43. The lowest BCUT2D eigenvalue weighted by Gasteiger charge is -2.16. The van der Waals surface area contributed by atoms with E-state index in [4.69, 9.17) is 0 Å². The van der Waals surface area contributed by atoms with Crippen LogP contribution in [0.4, 0.5) is 8.78 Å². The Labute approximate surface area is 109 Å². The number of aromatic nitrogens is 1. The van der Waals surface area contributed by atoms with Crippen molar-refractivity contribution in [2.75, 3.05) is 7.05 Å². The molecule has 1 heterocycles. The Morgan fingerprint density at radius 2 is 1.94 bits per heavy atom. The summed E-state index contributed by atoms with van der Waals surface area (Å²) >= 11 is 1.49. The van der Waals surface area contributed by atoms with E-state index in [-0.39, 0.29) is 5.56 Å². The second-order valence-electron chi connectivity index (χ2n) is 4.11. The van der Waals surface area contributed by atoms with Gasteiger partial charge in [-0.1, -0.05) is 12.1 Å². The summed E-state index contributed by atoms with van der Waals surface area (Å²) in [6, 6.07) is 2.76. The van der Waals surface area contributed by atoms with E-state index in [1.54, 1.807) is 26.1 Å². The van der Waals surface area contributed by atoms with Crippen LogP contribution in [-0.2, 0) is 0 Å². The van der Waals surface area contributed by atoms with E-state index in [9.17, 15) is 8.78 Å². The molecular formula is C13H14F2N2S. The number of benzene rings is 1. The monoisotopic (exact) mass is 268 g/mol. The van der Waals surface area contributed by atoms with Crippen molar-refractivity contribution in [2.45, 2.75) is 19.9 Å². The van der Waals surface area contributed by atoms with Crippen LogP contribution in [0.2, 0.25) is 0 Å². The van der Waals surface area contributed by atoms with Crippen molar-refractivity contribution in [1.82, 2.24) is 10.3 Å². The molecule has 0 aliphatic carbocycles. The molecule has 96 valence electrons. The van der Waals surface area contributed by atoms with E-state index in [2.05, 4.69) is 10.3 Å². The molecule has 0 spiro atoms. The molecule has 0 amide bonds. The van der Waals surface area contributed by atoms with Crippen molar-refractivity contribution < 1.29 is 8.78 Å². The molecule has 0 fully saturated rings. The predicted octanol–water partition coefficient (Wildman–Crippen LogP) is 3.35. The normalized spacial score (nSPS) is 12.7. The molecule has 2 rings (SSSR count). The van der Waals surface area contributed by atoms with Crippen molar-refractivity contribution in [1.29, 1.82) is 0 Å². The molecule has 0 radical (unpaired) electrons. The Bertz CT molecular complexity index is 566. The zero-order valence-electron chi connectivity index (χ0n) is 10.4. The number of rotatable bonds is 3. The van der Waals surface area contributed by atoms with Gasteiger partial charge in [0.1, 0.15) is 0 Å². The standard InChI is InChI=1S/C13H14F2N2S/c1-7-4-5-9(12(15)11(7)14)13(16-3)10-6-18-8(2)17-10/h4-6,13,16H,1-3H3. The minimum atomic E-state index is -0.806. The average molecular weight is 268 g/mol. The zero-order chi connectivity index (χ0) is 13.3. The Kier molecular flexibility index (Phi) is 3.73. The fourth-order valence-electron chi connectivity index (χ4n) is 1.86. The molecule has 5 heteroatoms. The molecule has 2 aromatic rings. The lowest BCUT2D eigenvalue weighted by atomic mass is 10.0. The molecule has 1 aromatic heterocycles. The summed E-state index contributed by atoms with van der Waals surface area (Å²) in [7, 11) is 1.70. The molecule has 0 saturated carbocycles. The molecule has 0 aliphatic heterocycles. The molecule has 1 atom stereocenters. The van der Waals surface area contributed by atoms with Crippen LogP contribution in [0.3, 0.4) is 0 Å². The Hall–Kier alpha value is -1.33. The summed E-state index contributed by atoms with van der Waals surface area (Å²) in [5.41, 5.74) is 1.30. The zero-order valence-corrected chi connectivity index (χ0v) is 11.2. The van der Waals surface area contributed by atoms with Crippen LogP contribution in [0.1, 0.15) is 27.9 Å². The number of nitrogens with zero attached hydrogens (tertiary/aromatic N) is 1.